The molecule has 2 N–H and O–H groups in total. The summed E-state index contributed by atoms with van der Waals surface area (Å²) in [6, 6.07) is 2.34. The molecule has 0 saturated carbocycles. The van der Waals surface area contributed by atoms with Crippen molar-refractivity contribution in [2.45, 2.75) is 32.7 Å². The van der Waals surface area contributed by atoms with Crippen LogP contribution in [0.5, 0.6) is 0 Å². The Labute approximate surface area is 115 Å². The van der Waals surface area contributed by atoms with Gasteiger partial charge in [0.15, 0.2) is 0 Å². The maximum Gasteiger partial charge on any atom is 0.224 e. The van der Waals surface area contributed by atoms with Crippen LogP contribution in [0, 0.1) is 0 Å². The minimum absolute atomic E-state index is 0.0293. The highest BCUT2D eigenvalue weighted by molar-refractivity contribution is 5.93. The molecule has 1 aromatic rings. The summed E-state index contributed by atoms with van der Waals surface area (Å²) in [6.07, 6.45) is 4.75. The zero-order valence-electron chi connectivity index (χ0n) is 12.2. The summed E-state index contributed by atoms with van der Waals surface area (Å²) in [6.45, 7) is 5.05. The molecule has 0 saturated heterocycles. The number of carbonyl (C=O) groups is 1. The van der Waals surface area contributed by atoms with Crippen molar-refractivity contribution in [1.82, 2.24) is 10.3 Å². The Balaban J connectivity index is 2.44. The average Bonchev–Trinajstić information content (AvgIpc) is 2.35. The molecule has 1 rings (SSSR count). The molecule has 0 bridgehead atoms. The second-order valence-electron chi connectivity index (χ2n) is 5.05. The van der Waals surface area contributed by atoms with E-state index in [1.165, 1.54) is 0 Å². The SMILES string of the molecule is CC(C)NCCCC(=O)Nc1cnccc1N(C)C. The number of nitrogens with zero attached hydrogens (tertiary/aromatic N) is 2. The van der Waals surface area contributed by atoms with E-state index in [-0.39, 0.29) is 5.91 Å². The summed E-state index contributed by atoms with van der Waals surface area (Å²) < 4.78 is 0. The summed E-state index contributed by atoms with van der Waals surface area (Å²) in [5.74, 6) is 0.0293. The van der Waals surface area contributed by atoms with Crippen molar-refractivity contribution in [3.05, 3.63) is 18.5 Å². The molecule has 0 aliphatic carbocycles. The van der Waals surface area contributed by atoms with Gasteiger partial charge in [-0.2, -0.15) is 0 Å². The van der Waals surface area contributed by atoms with Crippen LogP contribution in [-0.2, 0) is 4.79 Å². The van der Waals surface area contributed by atoms with Crippen LogP contribution in [0.25, 0.3) is 0 Å². The zero-order chi connectivity index (χ0) is 14.3. The molecule has 0 atom stereocenters. The van der Waals surface area contributed by atoms with Gasteiger partial charge in [0, 0.05) is 32.8 Å². The third-order valence-corrected chi connectivity index (χ3v) is 2.69. The Morgan fingerprint density at radius 1 is 1.42 bits per heavy atom. The van der Waals surface area contributed by atoms with Crippen molar-refractivity contribution in [2.75, 3.05) is 30.9 Å². The van der Waals surface area contributed by atoms with E-state index in [0.29, 0.717) is 12.5 Å². The van der Waals surface area contributed by atoms with E-state index in [4.69, 9.17) is 0 Å². The Hall–Kier alpha value is -1.62. The van der Waals surface area contributed by atoms with E-state index in [9.17, 15) is 4.79 Å². The largest absolute Gasteiger partial charge is 0.376 e. The first kappa shape index (κ1) is 15.4. The van der Waals surface area contributed by atoms with Gasteiger partial charge in [-0.1, -0.05) is 13.8 Å². The lowest BCUT2D eigenvalue weighted by atomic mass is 10.2. The number of rotatable bonds is 7. The molecule has 106 valence electrons. The van der Waals surface area contributed by atoms with Gasteiger partial charge >= 0.3 is 0 Å². The molecule has 1 amide bonds. The molecule has 1 aromatic heterocycles. The molecule has 0 unspecified atom stereocenters. The van der Waals surface area contributed by atoms with Crippen molar-refractivity contribution in [2.24, 2.45) is 0 Å². The lowest BCUT2D eigenvalue weighted by Gasteiger charge is -2.17. The third kappa shape index (κ3) is 5.70. The molecule has 0 radical (unpaired) electrons. The summed E-state index contributed by atoms with van der Waals surface area (Å²) >= 11 is 0. The van der Waals surface area contributed by atoms with Crippen LogP contribution in [0.15, 0.2) is 18.5 Å². The van der Waals surface area contributed by atoms with Gasteiger partial charge in [-0.3, -0.25) is 9.78 Å². The minimum Gasteiger partial charge on any atom is -0.376 e. The fraction of sp³-hybridized carbons (Fsp3) is 0.571. The molecule has 19 heavy (non-hydrogen) atoms. The number of aromatic nitrogens is 1. The minimum atomic E-state index is 0.0293. The molecule has 5 heteroatoms. The van der Waals surface area contributed by atoms with E-state index in [2.05, 4.69) is 29.5 Å². The molecular formula is C14H24N4O. The number of hydrogen-bond acceptors (Lipinski definition) is 4. The highest BCUT2D eigenvalue weighted by Gasteiger charge is 2.08. The first-order valence-corrected chi connectivity index (χ1v) is 6.65. The molecule has 0 spiro atoms. The van der Waals surface area contributed by atoms with Gasteiger partial charge in [-0.15, -0.1) is 0 Å². The zero-order valence-corrected chi connectivity index (χ0v) is 12.2. The van der Waals surface area contributed by atoms with E-state index < -0.39 is 0 Å². The average molecular weight is 264 g/mol. The van der Waals surface area contributed by atoms with Crippen molar-refractivity contribution in [3.8, 4) is 0 Å². The number of nitrogens with one attached hydrogen (secondary N) is 2. The Kier molecular flexibility index (Phi) is 6.29. The highest BCUT2D eigenvalue weighted by atomic mass is 16.1. The van der Waals surface area contributed by atoms with Crippen molar-refractivity contribution in [3.63, 3.8) is 0 Å². The van der Waals surface area contributed by atoms with Crippen LogP contribution < -0.4 is 15.5 Å². The highest BCUT2D eigenvalue weighted by Crippen LogP contribution is 2.22. The van der Waals surface area contributed by atoms with Crippen LogP contribution >= 0.6 is 0 Å². The van der Waals surface area contributed by atoms with Gasteiger partial charge < -0.3 is 15.5 Å². The first-order chi connectivity index (χ1) is 9.00. The predicted molar refractivity (Wildman–Crippen MR) is 79.6 cm³/mol. The third-order valence-electron chi connectivity index (χ3n) is 2.69. The lowest BCUT2D eigenvalue weighted by Crippen LogP contribution is -2.25. The van der Waals surface area contributed by atoms with Gasteiger partial charge in [0.2, 0.25) is 5.91 Å². The Morgan fingerprint density at radius 2 is 2.16 bits per heavy atom. The number of anilines is 2. The van der Waals surface area contributed by atoms with Crippen LogP contribution in [0.3, 0.4) is 0 Å². The molecule has 1 heterocycles. The van der Waals surface area contributed by atoms with Gasteiger partial charge in [-0.05, 0) is 19.0 Å². The summed E-state index contributed by atoms with van der Waals surface area (Å²) in [5, 5.41) is 6.20. The molecular weight excluding hydrogens is 240 g/mol. The normalized spacial score (nSPS) is 10.6. The van der Waals surface area contributed by atoms with Gasteiger partial charge in [0.25, 0.3) is 0 Å². The Bertz CT molecular complexity index is 404. The lowest BCUT2D eigenvalue weighted by molar-refractivity contribution is -0.116. The van der Waals surface area contributed by atoms with Crippen LogP contribution in [0.1, 0.15) is 26.7 Å². The quantitative estimate of drug-likeness (QED) is 0.738. The molecule has 0 aromatic carbocycles. The molecule has 0 fully saturated rings. The van der Waals surface area contributed by atoms with E-state index >= 15 is 0 Å². The van der Waals surface area contributed by atoms with Crippen LogP contribution in [-0.4, -0.2) is 37.6 Å². The van der Waals surface area contributed by atoms with Gasteiger partial charge in [-0.25, -0.2) is 0 Å². The van der Waals surface area contributed by atoms with E-state index in [0.717, 1.165) is 24.3 Å². The van der Waals surface area contributed by atoms with E-state index in [1.54, 1.807) is 12.4 Å². The number of hydrogen-bond donors (Lipinski definition) is 2. The second kappa shape index (κ2) is 7.74. The molecule has 0 aliphatic rings. The summed E-state index contributed by atoms with van der Waals surface area (Å²) in [5.41, 5.74) is 1.72. The fourth-order valence-electron chi connectivity index (χ4n) is 1.73. The van der Waals surface area contributed by atoms with Crippen molar-refractivity contribution < 1.29 is 4.79 Å². The topological polar surface area (TPSA) is 57.3 Å². The number of amides is 1. The fourth-order valence-corrected chi connectivity index (χ4v) is 1.73. The smallest absolute Gasteiger partial charge is 0.224 e. The Morgan fingerprint density at radius 3 is 2.79 bits per heavy atom. The van der Waals surface area contributed by atoms with Crippen molar-refractivity contribution >= 4 is 17.3 Å². The van der Waals surface area contributed by atoms with Crippen molar-refractivity contribution in [1.29, 1.82) is 0 Å². The standard InChI is InChI=1S/C14H24N4O/c1-11(2)16-8-5-6-14(19)17-12-10-15-9-7-13(12)18(3)4/h7,9-11,16H,5-6,8H2,1-4H3,(H,17,19). The predicted octanol–water partition coefficient (Wildman–Crippen LogP) is 1.86. The number of carbonyl (C=O) groups excluding carboxylic acids is 1. The number of pyridine rings is 1. The monoisotopic (exact) mass is 264 g/mol. The van der Waals surface area contributed by atoms with E-state index in [1.807, 2.05) is 25.1 Å². The maximum atomic E-state index is 11.8. The van der Waals surface area contributed by atoms with Gasteiger partial charge in [0.1, 0.15) is 0 Å². The molecule has 5 nitrogen and oxygen atoms in total. The maximum absolute atomic E-state index is 11.8. The van der Waals surface area contributed by atoms with Crippen LogP contribution in [0.4, 0.5) is 11.4 Å². The molecule has 0 aliphatic heterocycles. The van der Waals surface area contributed by atoms with Crippen LogP contribution in [0.2, 0.25) is 0 Å². The summed E-state index contributed by atoms with van der Waals surface area (Å²) in [4.78, 5) is 17.8. The van der Waals surface area contributed by atoms with Gasteiger partial charge in [0.05, 0.1) is 17.6 Å². The first-order valence-electron chi connectivity index (χ1n) is 6.65. The summed E-state index contributed by atoms with van der Waals surface area (Å²) in [7, 11) is 3.88. The second-order valence-corrected chi connectivity index (χ2v) is 5.05.